The summed E-state index contributed by atoms with van der Waals surface area (Å²) in [5.41, 5.74) is 8.07. The second kappa shape index (κ2) is 9.85. The maximum Gasteiger partial charge on any atom is 0.255 e. The lowest BCUT2D eigenvalue weighted by Crippen LogP contribution is -2.50. The Hall–Kier alpha value is -3.38. The number of nitrogens with one attached hydrogen (secondary N) is 1. The van der Waals surface area contributed by atoms with Crippen LogP contribution in [0.25, 0.3) is 5.69 Å². The molecule has 2 aromatic carbocycles. The molecule has 0 radical (unpaired) electrons. The monoisotopic (exact) mass is 458 g/mol. The van der Waals surface area contributed by atoms with E-state index in [-0.39, 0.29) is 11.8 Å². The van der Waals surface area contributed by atoms with Crippen molar-refractivity contribution in [1.82, 2.24) is 14.4 Å². The summed E-state index contributed by atoms with van der Waals surface area (Å²) in [6.45, 7) is 13.1. The van der Waals surface area contributed by atoms with Gasteiger partial charge in [0.2, 0.25) is 5.91 Å². The molecule has 6 heteroatoms. The Morgan fingerprint density at radius 1 is 0.824 bits per heavy atom. The number of hydrogen-bond acceptors (Lipinski definition) is 3. The first-order chi connectivity index (χ1) is 16.3. The van der Waals surface area contributed by atoms with Crippen LogP contribution in [0.4, 0.5) is 5.69 Å². The Labute approximate surface area is 202 Å². The zero-order chi connectivity index (χ0) is 24.4. The lowest BCUT2D eigenvalue weighted by molar-refractivity contribution is -0.117. The molecule has 1 aliphatic rings. The van der Waals surface area contributed by atoms with Gasteiger partial charge < -0.3 is 14.8 Å². The summed E-state index contributed by atoms with van der Waals surface area (Å²) >= 11 is 0. The van der Waals surface area contributed by atoms with Crippen LogP contribution in [0.1, 0.15) is 38.4 Å². The van der Waals surface area contributed by atoms with Gasteiger partial charge >= 0.3 is 0 Å². The molecule has 4 rings (SSSR count). The summed E-state index contributed by atoms with van der Waals surface area (Å²) in [6, 6.07) is 16.2. The molecule has 1 saturated heterocycles. The van der Waals surface area contributed by atoms with Crippen LogP contribution in [0.15, 0.2) is 48.5 Å². The van der Waals surface area contributed by atoms with Crippen molar-refractivity contribution in [2.75, 3.05) is 38.0 Å². The first-order valence-electron chi connectivity index (χ1n) is 11.9. The van der Waals surface area contributed by atoms with Crippen molar-refractivity contribution >= 4 is 17.5 Å². The molecule has 1 fully saturated rings. The van der Waals surface area contributed by atoms with E-state index in [1.807, 2.05) is 69.0 Å². The van der Waals surface area contributed by atoms with E-state index in [0.29, 0.717) is 32.7 Å². The van der Waals surface area contributed by atoms with Crippen molar-refractivity contribution in [2.45, 2.75) is 34.6 Å². The van der Waals surface area contributed by atoms with E-state index < -0.39 is 0 Å². The third-order valence-corrected chi connectivity index (χ3v) is 6.79. The molecule has 1 aliphatic heterocycles. The predicted molar refractivity (Wildman–Crippen MR) is 137 cm³/mol. The van der Waals surface area contributed by atoms with Gasteiger partial charge in [0.1, 0.15) is 0 Å². The highest BCUT2D eigenvalue weighted by Crippen LogP contribution is 2.25. The molecule has 2 amide bonds. The van der Waals surface area contributed by atoms with Crippen LogP contribution in [0.2, 0.25) is 0 Å². The summed E-state index contributed by atoms with van der Waals surface area (Å²) in [4.78, 5) is 30.0. The largest absolute Gasteiger partial charge is 0.336 e. The molecule has 2 heterocycles. The Bertz CT molecular complexity index is 1200. The SMILES string of the molecule is Cc1ccccc1-n1c(C)cc(C(=O)N2CCN(CC(=O)Nc3c(C)cccc3C)CC2)c1C. The van der Waals surface area contributed by atoms with Gasteiger partial charge in [-0.1, -0.05) is 36.4 Å². The normalized spacial score (nSPS) is 14.3. The number of carbonyl (C=O) groups excluding carboxylic acids is 2. The van der Waals surface area contributed by atoms with E-state index in [4.69, 9.17) is 0 Å². The van der Waals surface area contributed by atoms with Crippen molar-refractivity contribution < 1.29 is 9.59 Å². The average molecular weight is 459 g/mol. The molecule has 3 aromatic rings. The van der Waals surface area contributed by atoms with Crippen molar-refractivity contribution in [3.8, 4) is 5.69 Å². The zero-order valence-electron chi connectivity index (χ0n) is 20.8. The number of nitrogens with zero attached hydrogens (tertiary/aromatic N) is 3. The van der Waals surface area contributed by atoms with Gasteiger partial charge in [0.25, 0.3) is 5.91 Å². The fraction of sp³-hybridized carbons (Fsp3) is 0.357. The molecule has 0 saturated carbocycles. The van der Waals surface area contributed by atoms with Gasteiger partial charge in [0.05, 0.1) is 12.1 Å². The number of para-hydroxylation sites is 2. The molecule has 1 aromatic heterocycles. The molecular weight excluding hydrogens is 424 g/mol. The lowest BCUT2D eigenvalue weighted by atomic mass is 10.1. The fourth-order valence-corrected chi connectivity index (χ4v) is 4.84. The van der Waals surface area contributed by atoms with E-state index in [1.165, 1.54) is 5.56 Å². The van der Waals surface area contributed by atoms with E-state index in [0.717, 1.165) is 39.5 Å². The molecule has 0 atom stereocenters. The average Bonchev–Trinajstić information content (AvgIpc) is 3.10. The first-order valence-corrected chi connectivity index (χ1v) is 11.9. The molecule has 178 valence electrons. The number of piperazine rings is 1. The lowest BCUT2D eigenvalue weighted by Gasteiger charge is -2.34. The maximum atomic E-state index is 13.4. The summed E-state index contributed by atoms with van der Waals surface area (Å²) in [6.07, 6.45) is 0. The first kappa shape index (κ1) is 23.8. The molecule has 0 bridgehead atoms. The van der Waals surface area contributed by atoms with E-state index >= 15 is 0 Å². The van der Waals surface area contributed by atoms with Crippen LogP contribution < -0.4 is 5.32 Å². The number of aryl methyl sites for hydroxylation is 4. The second-order valence-electron chi connectivity index (χ2n) is 9.29. The van der Waals surface area contributed by atoms with Crippen molar-refractivity contribution in [1.29, 1.82) is 0 Å². The second-order valence-corrected chi connectivity index (χ2v) is 9.29. The van der Waals surface area contributed by atoms with Gasteiger partial charge in [0, 0.05) is 48.9 Å². The molecular formula is C28H34N4O2. The maximum absolute atomic E-state index is 13.4. The van der Waals surface area contributed by atoms with Crippen molar-refractivity contribution in [3.63, 3.8) is 0 Å². The summed E-state index contributed by atoms with van der Waals surface area (Å²) in [5.74, 6) is 0.0477. The quantitative estimate of drug-likeness (QED) is 0.616. The van der Waals surface area contributed by atoms with Gasteiger partial charge in [0.15, 0.2) is 0 Å². The summed E-state index contributed by atoms with van der Waals surface area (Å²) in [5, 5.41) is 3.06. The molecule has 0 unspecified atom stereocenters. The van der Waals surface area contributed by atoms with Crippen molar-refractivity contribution in [3.05, 3.63) is 82.2 Å². The van der Waals surface area contributed by atoms with E-state index in [1.54, 1.807) is 0 Å². The number of carbonyl (C=O) groups is 2. The summed E-state index contributed by atoms with van der Waals surface area (Å²) in [7, 11) is 0. The smallest absolute Gasteiger partial charge is 0.255 e. The number of anilines is 1. The van der Waals surface area contributed by atoms with E-state index in [2.05, 4.69) is 33.8 Å². The Balaban J connectivity index is 1.38. The van der Waals surface area contributed by atoms with Crippen LogP contribution >= 0.6 is 0 Å². The third-order valence-electron chi connectivity index (χ3n) is 6.79. The Morgan fingerprint density at radius 3 is 2.09 bits per heavy atom. The number of aromatic nitrogens is 1. The fourth-order valence-electron chi connectivity index (χ4n) is 4.84. The van der Waals surface area contributed by atoms with Crippen LogP contribution in [0.3, 0.4) is 0 Å². The molecule has 34 heavy (non-hydrogen) atoms. The van der Waals surface area contributed by atoms with Gasteiger partial charge in [-0.25, -0.2) is 0 Å². The Kier molecular flexibility index (Phi) is 6.89. The van der Waals surface area contributed by atoms with Gasteiger partial charge in [-0.15, -0.1) is 0 Å². The minimum atomic E-state index is -0.0149. The highest BCUT2D eigenvalue weighted by Gasteiger charge is 2.26. The minimum Gasteiger partial charge on any atom is -0.336 e. The zero-order valence-corrected chi connectivity index (χ0v) is 20.8. The van der Waals surface area contributed by atoms with Gasteiger partial charge in [-0.3, -0.25) is 14.5 Å². The van der Waals surface area contributed by atoms with Crippen LogP contribution in [-0.4, -0.2) is 58.9 Å². The van der Waals surface area contributed by atoms with E-state index in [9.17, 15) is 9.59 Å². The number of benzene rings is 2. The minimum absolute atomic E-state index is 0.0149. The predicted octanol–water partition coefficient (Wildman–Crippen LogP) is 4.42. The molecule has 1 N–H and O–H groups in total. The topological polar surface area (TPSA) is 57.6 Å². The van der Waals surface area contributed by atoms with Crippen LogP contribution in [0, 0.1) is 34.6 Å². The highest BCUT2D eigenvalue weighted by atomic mass is 16.2. The summed E-state index contributed by atoms with van der Waals surface area (Å²) < 4.78 is 2.16. The van der Waals surface area contributed by atoms with Crippen molar-refractivity contribution in [2.24, 2.45) is 0 Å². The highest BCUT2D eigenvalue weighted by molar-refractivity contribution is 5.96. The molecule has 0 spiro atoms. The molecule has 0 aliphatic carbocycles. The number of rotatable bonds is 5. The van der Waals surface area contributed by atoms with Crippen LogP contribution in [-0.2, 0) is 4.79 Å². The Morgan fingerprint density at radius 2 is 1.44 bits per heavy atom. The van der Waals surface area contributed by atoms with Crippen LogP contribution in [0.5, 0.6) is 0 Å². The third kappa shape index (κ3) is 4.77. The number of amides is 2. The molecule has 6 nitrogen and oxygen atoms in total. The van der Waals surface area contributed by atoms with Gasteiger partial charge in [-0.05, 0) is 63.4 Å². The standard InChI is InChI=1S/C28H34N4O2/c1-19-9-6-7-12-25(19)32-22(4)17-24(23(32)5)28(34)31-15-13-30(14-16-31)18-26(33)29-27-20(2)10-8-11-21(27)3/h6-12,17H,13-16,18H2,1-5H3,(H,29,33). The number of hydrogen-bond donors (Lipinski definition) is 1. The van der Waals surface area contributed by atoms with Gasteiger partial charge in [-0.2, -0.15) is 0 Å².